The minimum absolute atomic E-state index is 0.837. The molecule has 1 heterocycles. The van der Waals surface area contributed by atoms with Crippen molar-refractivity contribution in [2.24, 2.45) is 0 Å². The summed E-state index contributed by atoms with van der Waals surface area (Å²) in [6.45, 7) is 0. The Morgan fingerprint density at radius 2 is 0.793 bits per heavy atom. The number of hydrogen-bond donors (Lipinski definition) is 0. The number of anilines is 3. The van der Waals surface area contributed by atoms with E-state index in [1.54, 1.807) is 0 Å². The zero-order chi connectivity index (χ0) is 38.4. The number of fused-ring (bicyclic) bond motifs is 5. The highest BCUT2D eigenvalue weighted by atomic mass is 16.3. The minimum atomic E-state index is 0.837. The fourth-order valence-corrected chi connectivity index (χ4v) is 8.62. The topological polar surface area (TPSA) is 16.4 Å². The van der Waals surface area contributed by atoms with Crippen LogP contribution in [0.15, 0.2) is 229 Å². The van der Waals surface area contributed by atoms with Crippen molar-refractivity contribution in [3.8, 4) is 44.7 Å². The lowest BCUT2D eigenvalue weighted by atomic mass is 9.93. The molecular weight excluding hydrogens is 703 g/mol. The lowest BCUT2D eigenvalue weighted by Crippen LogP contribution is -2.11. The smallest absolute Gasteiger partial charge is 0.137 e. The van der Waals surface area contributed by atoms with Crippen LogP contribution in [0.5, 0.6) is 0 Å². The highest BCUT2D eigenvalue weighted by molar-refractivity contribution is 6.13. The first kappa shape index (κ1) is 33.6. The predicted octanol–water partition coefficient (Wildman–Crippen LogP) is 16.0. The molecule has 0 amide bonds. The van der Waals surface area contributed by atoms with Crippen molar-refractivity contribution in [2.45, 2.75) is 0 Å². The average Bonchev–Trinajstić information content (AvgIpc) is 3.74. The molecule has 0 aliphatic rings. The molecule has 10 aromatic carbocycles. The van der Waals surface area contributed by atoms with Gasteiger partial charge in [0.2, 0.25) is 0 Å². The van der Waals surface area contributed by atoms with E-state index >= 15 is 0 Å². The van der Waals surface area contributed by atoms with E-state index in [1.165, 1.54) is 60.1 Å². The third kappa shape index (κ3) is 5.91. The maximum atomic E-state index is 6.49. The lowest BCUT2D eigenvalue weighted by molar-refractivity contribution is 0.631. The van der Waals surface area contributed by atoms with Crippen LogP contribution in [0.25, 0.3) is 88.0 Å². The Bertz CT molecular complexity index is 3230. The molecule has 0 spiro atoms. The van der Waals surface area contributed by atoms with Gasteiger partial charge in [0.1, 0.15) is 11.3 Å². The molecule has 272 valence electrons. The van der Waals surface area contributed by atoms with Gasteiger partial charge in [0, 0.05) is 22.3 Å². The summed E-state index contributed by atoms with van der Waals surface area (Å²) in [5.41, 5.74) is 12.3. The molecule has 2 heteroatoms. The van der Waals surface area contributed by atoms with Crippen molar-refractivity contribution < 1.29 is 4.42 Å². The summed E-state index contributed by atoms with van der Waals surface area (Å²) in [6, 6.07) is 80.6. The van der Waals surface area contributed by atoms with Crippen LogP contribution in [0.4, 0.5) is 17.1 Å². The summed E-state index contributed by atoms with van der Waals surface area (Å²) >= 11 is 0. The molecule has 0 saturated heterocycles. The van der Waals surface area contributed by atoms with Gasteiger partial charge in [-0.1, -0.05) is 170 Å². The summed E-state index contributed by atoms with van der Waals surface area (Å²) in [5, 5.41) is 8.64. The van der Waals surface area contributed by atoms with Gasteiger partial charge in [0.25, 0.3) is 0 Å². The highest BCUT2D eigenvalue weighted by Crippen LogP contribution is 2.44. The Hall–Kier alpha value is -7.68. The first-order valence-corrected chi connectivity index (χ1v) is 19.8. The van der Waals surface area contributed by atoms with Gasteiger partial charge in [-0.15, -0.1) is 0 Å². The Balaban J connectivity index is 0.999. The second-order valence-corrected chi connectivity index (χ2v) is 14.9. The van der Waals surface area contributed by atoms with E-state index in [0.717, 1.165) is 44.9 Å². The van der Waals surface area contributed by atoms with Gasteiger partial charge in [-0.25, -0.2) is 0 Å². The van der Waals surface area contributed by atoms with Gasteiger partial charge in [-0.2, -0.15) is 0 Å². The first-order chi connectivity index (χ1) is 28.7. The molecule has 0 unspecified atom stereocenters. The van der Waals surface area contributed by atoms with Crippen LogP contribution in [0.2, 0.25) is 0 Å². The van der Waals surface area contributed by atoms with E-state index in [9.17, 15) is 0 Å². The third-order valence-corrected chi connectivity index (χ3v) is 11.5. The SMILES string of the molecule is c1ccc(N(c2ccc(-c3ccc(-c4cccc5ccccc45)cc3)cc2)c2ccc(-c3cc4ccccc4c4ccccc34)cc2)c(-c2cc3ccccc3o2)c1. The number of benzene rings is 10. The van der Waals surface area contributed by atoms with Crippen LogP contribution in [0.3, 0.4) is 0 Å². The molecule has 0 N–H and O–H groups in total. The Morgan fingerprint density at radius 3 is 1.53 bits per heavy atom. The maximum Gasteiger partial charge on any atom is 0.137 e. The van der Waals surface area contributed by atoms with Crippen molar-refractivity contribution in [2.75, 3.05) is 4.90 Å². The molecule has 2 nitrogen and oxygen atoms in total. The average molecular weight is 740 g/mol. The van der Waals surface area contributed by atoms with Crippen molar-refractivity contribution in [3.63, 3.8) is 0 Å². The maximum absolute atomic E-state index is 6.49. The van der Waals surface area contributed by atoms with Crippen LogP contribution in [-0.4, -0.2) is 0 Å². The summed E-state index contributed by atoms with van der Waals surface area (Å²) in [6.07, 6.45) is 0. The van der Waals surface area contributed by atoms with E-state index < -0.39 is 0 Å². The predicted molar refractivity (Wildman–Crippen MR) is 245 cm³/mol. The van der Waals surface area contributed by atoms with Gasteiger partial charge in [-0.3, -0.25) is 0 Å². The number of furan rings is 1. The second-order valence-electron chi connectivity index (χ2n) is 14.9. The number of nitrogens with zero attached hydrogens (tertiary/aromatic N) is 1. The quantitative estimate of drug-likeness (QED) is 0.151. The summed E-state index contributed by atoms with van der Waals surface area (Å²) in [4.78, 5) is 2.35. The lowest BCUT2D eigenvalue weighted by Gasteiger charge is -2.27. The standard InChI is InChI=1S/C56H37NO/c1-4-16-47-40(12-1)15-11-21-48(47)41-26-24-38(25-27-41)39-28-32-45(33-29-39)57(54-22-9-8-20-52(54)56-37-44-14-3-10-23-55(44)58-56)46-34-30-42(31-35-46)53-36-43-13-2-5-17-49(43)50-18-6-7-19-51(50)53/h1-37H. The fraction of sp³-hybridized carbons (Fsp3) is 0. The van der Waals surface area contributed by atoms with Crippen LogP contribution < -0.4 is 4.90 Å². The molecule has 0 aliphatic carbocycles. The van der Waals surface area contributed by atoms with Gasteiger partial charge in [0.15, 0.2) is 0 Å². The van der Waals surface area contributed by atoms with Crippen LogP contribution >= 0.6 is 0 Å². The van der Waals surface area contributed by atoms with E-state index in [4.69, 9.17) is 4.42 Å². The zero-order valence-electron chi connectivity index (χ0n) is 31.7. The second kappa shape index (κ2) is 14.1. The van der Waals surface area contributed by atoms with Crippen LogP contribution in [-0.2, 0) is 0 Å². The number of para-hydroxylation sites is 2. The Kier molecular flexibility index (Phi) is 8.19. The number of hydrogen-bond acceptors (Lipinski definition) is 2. The van der Waals surface area contributed by atoms with Crippen molar-refractivity contribution >= 4 is 60.3 Å². The van der Waals surface area contributed by atoms with Gasteiger partial charge < -0.3 is 9.32 Å². The minimum Gasteiger partial charge on any atom is -0.456 e. The molecular formula is C56H37NO. The van der Waals surface area contributed by atoms with Crippen molar-refractivity contribution in [1.29, 1.82) is 0 Å². The van der Waals surface area contributed by atoms with Gasteiger partial charge in [-0.05, 0) is 120 Å². The number of rotatable bonds is 7. The molecule has 11 aromatic rings. The van der Waals surface area contributed by atoms with E-state index in [2.05, 4.69) is 217 Å². The molecule has 0 atom stereocenters. The summed E-state index contributed by atoms with van der Waals surface area (Å²) < 4.78 is 6.49. The zero-order valence-corrected chi connectivity index (χ0v) is 31.7. The monoisotopic (exact) mass is 739 g/mol. The van der Waals surface area contributed by atoms with Gasteiger partial charge >= 0.3 is 0 Å². The van der Waals surface area contributed by atoms with Gasteiger partial charge in [0.05, 0.1) is 5.69 Å². The molecule has 58 heavy (non-hydrogen) atoms. The first-order valence-electron chi connectivity index (χ1n) is 19.8. The molecule has 0 radical (unpaired) electrons. The summed E-state index contributed by atoms with van der Waals surface area (Å²) in [5.74, 6) is 0.837. The molecule has 0 fully saturated rings. The Morgan fingerprint density at radius 1 is 0.293 bits per heavy atom. The fourth-order valence-electron chi connectivity index (χ4n) is 8.62. The Labute approximate surface area is 337 Å². The third-order valence-electron chi connectivity index (χ3n) is 11.5. The van der Waals surface area contributed by atoms with Crippen LogP contribution in [0.1, 0.15) is 0 Å². The van der Waals surface area contributed by atoms with E-state index in [1.807, 2.05) is 12.1 Å². The molecule has 0 aliphatic heterocycles. The van der Waals surface area contributed by atoms with Crippen molar-refractivity contribution in [3.05, 3.63) is 224 Å². The van der Waals surface area contributed by atoms with E-state index in [0.29, 0.717) is 0 Å². The molecule has 11 rings (SSSR count). The normalized spacial score (nSPS) is 11.4. The van der Waals surface area contributed by atoms with E-state index in [-0.39, 0.29) is 0 Å². The highest BCUT2D eigenvalue weighted by Gasteiger charge is 2.20. The van der Waals surface area contributed by atoms with Crippen molar-refractivity contribution in [1.82, 2.24) is 0 Å². The summed E-state index contributed by atoms with van der Waals surface area (Å²) in [7, 11) is 0. The molecule has 0 saturated carbocycles. The molecule has 1 aromatic heterocycles. The van der Waals surface area contributed by atoms with Crippen LogP contribution in [0, 0.1) is 0 Å². The molecule has 0 bridgehead atoms. The largest absolute Gasteiger partial charge is 0.456 e.